The third kappa shape index (κ3) is 3.93. The van der Waals surface area contributed by atoms with Crippen molar-refractivity contribution in [2.75, 3.05) is 12.4 Å². The summed E-state index contributed by atoms with van der Waals surface area (Å²) in [6, 6.07) is 12.2. The van der Waals surface area contributed by atoms with Gasteiger partial charge in [0.05, 0.1) is 17.7 Å². The van der Waals surface area contributed by atoms with E-state index in [1.807, 2.05) is 30.0 Å². The molecule has 136 valence electrons. The lowest BCUT2D eigenvalue weighted by atomic mass is 9.82. The molecule has 0 atom stereocenters. The summed E-state index contributed by atoms with van der Waals surface area (Å²) in [7, 11) is 0. The second-order valence-electron chi connectivity index (χ2n) is 6.83. The fourth-order valence-corrected chi connectivity index (χ4v) is 4.42. The second-order valence-corrected chi connectivity index (χ2v) is 7.97. The molecule has 4 nitrogen and oxygen atoms in total. The quantitative estimate of drug-likeness (QED) is 0.568. The number of carbonyl (C=O) groups excluding carboxylic acids is 2. The van der Waals surface area contributed by atoms with Gasteiger partial charge in [-0.25, -0.2) is 9.59 Å². The van der Waals surface area contributed by atoms with Crippen LogP contribution >= 0.6 is 11.8 Å². The zero-order valence-corrected chi connectivity index (χ0v) is 16.0. The van der Waals surface area contributed by atoms with E-state index in [4.69, 9.17) is 9.47 Å². The van der Waals surface area contributed by atoms with Gasteiger partial charge in [0.2, 0.25) is 0 Å². The molecule has 0 amide bonds. The summed E-state index contributed by atoms with van der Waals surface area (Å²) in [5.74, 6) is 0.678. The van der Waals surface area contributed by atoms with Crippen LogP contribution in [0.25, 0.3) is 0 Å². The van der Waals surface area contributed by atoms with E-state index in [2.05, 4.69) is 13.8 Å². The van der Waals surface area contributed by atoms with Crippen LogP contribution in [0.4, 0.5) is 0 Å². The SMILES string of the molecule is CCOC(=O)c1cccc(C(=O)Oc2ccc3c(c2)C(C)(C)CCS3)c1. The molecular formula is C21H22O4S. The maximum atomic E-state index is 12.5. The fourth-order valence-electron chi connectivity index (χ4n) is 2.93. The molecule has 0 unspecified atom stereocenters. The van der Waals surface area contributed by atoms with Gasteiger partial charge >= 0.3 is 11.9 Å². The first-order valence-corrected chi connectivity index (χ1v) is 9.66. The Bertz CT molecular complexity index is 842. The Balaban J connectivity index is 1.81. The molecule has 0 N–H and O–H groups in total. The number of rotatable bonds is 4. The van der Waals surface area contributed by atoms with Gasteiger partial charge in [-0.1, -0.05) is 19.9 Å². The number of ether oxygens (including phenoxy) is 2. The van der Waals surface area contributed by atoms with E-state index >= 15 is 0 Å². The highest BCUT2D eigenvalue weighted by atomic mass is 32.2. The van der Waals surface area contributed by atoms with Crippen LogP contribution in [0.3, 0.4) is 0 Å². The molecule has 0 aromatic heterocycles. The molecule has 26 heavy (non-hydrogen) atoms. The van der Waals surface area contributed by atoms with Crippen molar-refractivity contribution in [2.45, 2.75) is 37.5 Å². The second kappa shape index (κ2) is 7.54. The van der Waals surface area contributed by atoms with Crippen LogP contribution in [0.15, 0.2) is 47.4 Å². The van der Waals surface area contributed by atoms with Gasteiger partial charge in [0.25, 0.3) is 0 Å². The molecule has 0 saturated heterocycles. The summed E-state index contributed by atoms with van der Waals surface area (Å²) in [5, 5.41) is 0. The van der Waals surface area contributed by atoms with Crippen LogP contribution in [0.1, 0.15) is 53.5 Å². The molecule has 0 spiro atoms. The molecule has 2 aromatic carbocycles. The molecule has 2 aromatic rings. The van der Waals surface area contributed by atoms with E-state index in [1.54, 1.807) is 25.1 Å². The monoisotopic (exact) mass is 370 g/mol. The maximum Gasteiger partial charge on any atom is 0.343 e. The standard InChI is InChI=1S/C21H22O4S/c1-4-24-19(22)14-6-5-7-15(12-14)20(23)25-16-8-9-18-17(13-16)21(2,3)10-11-26-18/h5-9,12-13H,4,10-11H2,1-3H3. The summed E-state index contributed by atoms with van der Waals surface area (Å²) < 4.78 is 10.5. The first kappa shape index (κ1) is 18.5. The molecular weight excluding hydrogens is 348 g/mol. The topological polar surface area (TPSA) is 52.6 Å². The zero-order chi connectivity index (χ0) is 18.7. The Morgan fingerprint density at radius 3 is 2.54 bits per heavy atom. The average molecular weight is 370 g/mol. The Morgan fingerprint density at radius 2 is 1.81 bits per heavy atom. The number of benzene rings is 2. The highest BCUT2D eigenvalue weighted by Crippen LogP contribution is 2.42. The minimum Gasteiger partial charge on any atom is -0.462 e. The molecule has 0 fully saturated rings. The largest absolute Gasteiger partial charge is 0.462 e. The van der Waals surface area contributed by atoms with Crippen LogP contribution in [0.5, 0.6) is 5.75 Å². The first-order chi connectivity index (χ1) is 12.4. The summed E-state index contributed by atoms with van der Waals surface area (Å²) in [5.41, 5.74) is 1.93. The summed E-state index contributed by atoms with van der Waals surface area (Å²) in [4.78, 5) is 25.6. The van der Waals surface area contributed by atoms with Crippen LogP contribution < -0.4 is 4.74 Å². The van der Waals surface area contributed by atoms with Gasteiger partial charge in [0, 0.05) is 4.90 Å². The Hall–Kier alpha value is -2.27. The third-order valence-corrected chi connectivity index (χ3v) is 5.56. The fraction of sp³-hybridized carbons (Fsp3) is 0.333. The van der Waals surface area contributed by atoms with Crippen molar-refractivity contribution in [3.8, 4) is 5.75 Å². The van der Waals surface area contributed by atoms with E-state index in [-0.39, 0.29) is 12.0 Å². The van der Waals surface area contributed by atoms with Gasteiger partial charge in [0.1, 0.15) is 5.75 Å². The molecule has 0 aliphatic carbocycles. The van der Waals surface area contributed by atoms with Gasteiger partial charge in [-0.05, 0) is 66.5 Å². The van der Waals surface area contributed by atoms with Crippen molar-refractivity contribution in [1.29, 1.82) is 0 Å². The molecule has 0 saturated carbocycles. The van der Waals surface area contributed by atoms with Gasteiger partial charge in [-0.2, -0.15) is 0 Å². The molecule has 5 heteroatoms. The third-order valence-electron chi connectivity index (χ3n) is 4.48. The molecule has 0 bridgehead atoms. The summed E-state index contributed by atoms with van der Waals surface area (Å²) in [6.45, 7) is 6.45. The van der Waals surface area contributed by atoms with Gasteiger partial charge < -0.3 is 9.47 Å². The zero-order valence-electron chi connectivity index (χ0n) is 15.2. The highest BCUT2D eigenvalue weighted by molar-refractivity contribution is 7.99. The predicted molar refractivity (Wildman–Crippen MR) is 102 cm³/mol. The molecule has 3 rings (SSSR count). The molecule has 1 aliphatic heterocycles. The van der Waals surface area contributed by atoms with Gasteiger partial charge in [-0.15, -0.1) is 11.8 Å². The Labute approximate surface area is 157 Å². The summed E-state index contributed by atoms with van der Waals surface area (Å²) >= 11 is 1.83. The average Bonchev–Trinajstić information content (AvgIpc) is 2.62. The normalized spacial score (nSPS) is 15.0. The van der Waals surface area contributed by atoms with Crippen molar-refractivity contribution in [2.24, 2.45) is 0 Å². The van der Waals surface area contributed by atoms with Gasteiger partial charge in [0.15, 0.2) is 0 Å². The van der Waals surface area contributed by atoms with E-state index < -0.39 is 11.9 Å². The van der Waals surface area contributed by atoms with Crippen LogP contribution in [0.2, 0.25) is 0 Å². The van der Waals surface area contributed by atoms with E-state index in [9.17, 15) is 9.59 Å². The van der Waals surface area contributed by atoms with Crippen molar-refractivity contribution in [3.05, 3.63) is 59.2 Å². The molecule has 0 radical (unpaired) electrons. The lowest BCUT2D eigenvalue weighted by Gasteiger charge is -2.32. The van der Waals surface area contributed by atoms with Crippen molar-refractivity contribution in [1.82, 2.24) is 0 Å². The van der Waals surface area contributed by atoms with E-state index in [0.717, 1.165) is 12.2 Å². The number of carbonyl (C=O) groups is 2. The predicted octanol–water partition coefficient (Wildman–Crippen LogP) is 4.86. The Kier molecular flexibility index (Phi) is 5.37. The Morgan fingerprint density at radius 1 is 1.08 bits per heavy atom. The van der Waals surface area contributed by atoms with Crippen molar-refractivity contribution in [3.63, 3.8) is 0 Å². The van der Waals surface area contributed by atoms with Crippen molar-refractivity contribution < 1.29 is 19.1 Å². The first-order valence-electron chi connectivity index (χ1n) is 8.67. The van der Waals surface area contributed by atoms with Crippen molar-refractivity contribution >= 4 is 23.7 Å². The smallest absolute Gasteiger partial charge is 0.343 e. The molecule has 1 aliphatic rings. The number of hydrogen-bond acceptors (Lipinski definition) is 5. The van der Waals surface area contributed by atoms with Crippen LogP contribution in [0, 0.1) is 0 Å². The van der Waals surface area contributed by atoms with Crippen LogP contribution in [-0.2, 0) is 10.2 Å². The number of fused-ring (bicyclic) bond motifs is 1. The van der Waals surface area contributed by atoms with Crippen LogP contribution in [-0.4, -0.2) is 24.3 Å². The maximum absolute atomic E-state index is 12.5. The van der Waals surface area contributed by atoms with Gasteiger partial charge in [-0.3, -0.25) is 0 Å². The number of esters is 2. The minimum absolute atomic E-state index is 0.0623. The lowest BCUT2D eigenvalue weighted by Crippen LogP contribution is -2.22. The van der Waals surface area contributed by atoms with E-state index in [0.29, 0.717) is 16.9 Å². The number of thioether (sulfide) groups is 1. The lowest BCUT2D eigenvalue weighted by molar-refractivity contribution is 0.0526. The minimum atomic E-state index is -0.489. The summed E-state index contributed by atoms with van der Waals surface area (Å²) in [6.07, 6.45) is 1.09. The highest BCUT2D eigenvalue weighted by Gasteiger charge is 2.28. The molecule has 1 heterocycles. The number of hydrogen-bond donors (Lipinski definition) is 0. The van der Waals surface area contributed by atoms with E-state index in [1.165, 1.54) is 16.5 Å².